The van der Waals surface area contributed by atoms with Crippen LogP contribution in [0.3, 0.4) is 0 Å². The summed E-state index contributed by atoms with van der Waals surface area (Å²) in [7, 11) is 0. The Bertz CT molecular complexity index is 346. The molecule has 7 N–H and O–H groups in total. The van der Waals surface area contributed by atoms with Crippen LogP contribution in [0.4, 0.5) is 0 Å². The Morgan fingerprint density at radius 3 is 1.03 bits per heavy atom. The van der Waals surface area contributed by atoms with Gasteiger partial charge in [0.25, 0.3) is 0 Å². The van der Waals surface area contributed by atoms with Gasteiger partial charge in [-0.25, -0.2) is 0 Å². The molecule has 0 bridgehead atoms. The Morgan fingerprint density at radius 2 is 0.844 bits per heavy atom. The van der Waals surface area contributed by atoms with E-state index >= 15 is 0 Å². The number of unbranched alkanes of at least 4 members (excludes halogenated alkanes) is 10. The first-order valence-electron chi connectivity index (χ1n) is 11.8. The van der Waals surface area contributed by atoms with E-state index in [1.807, 2.05) is 0 Å². The van der Waals surface area contributed by atoms with Crippen molar-refractivity contribution in [3.8, 4) is 0 Å². The highest BCUT2D eigenvalue weighted by molar-refractivity contribution is 5.66. The molecule has 0 aromatic carbocycles. The predicted octanol–water partition coefficient (Wildman–Crippen LogP) is 2.95. The Labute approximate surface area is 194 Å². The van der Waals surface area contributed by atoms with Crippen molar-refractivity contribution < 1.29 is 45.3 Å². The summed E-state index contributed by atoms with van der Waals surface area (Å²) in [6, 6.07) is 0. The van der Waals surface area contributed by atoms with Gasteiger partial charge in [0, 0.05) is 12.8 Å². The van der Waals surface area contributed by atoms with Crippen molar-refractivity contribution in [1.29, 1.82) is 0 Å². The van der Waals surface area contributed by atoms with Crippen molar-refractivity contribution in [3.05, 3.63) is 0 Å². The fraction of sp³-hybridized carbons (Fsp3) is 0.913. The molecule has 0 aliphatic rings. The summed E-state index contributed by atoms with van der Waals surface area (Å²) >= 11 is 0. The minimum Gasteiger partial charge on any atom is -0.481 e. The lowest BCUT2D eigenvalue weighted by molar-refractivity contribution is -0.138. The van der Waals surface area contributed by atoms with Crippen molar-refractivity contribution in [1.82, 2.24) is 0 Å². The number of hydrogen-bond donors (Lipinski definition) is 7. The lowest BCUT2D eigenvalue weighted by Gasteiger charge is -1.98. The Kier molecular flexibility index (Phi) is 44.1. The molecular formula is C23H50O9. The standard InChI is InChI=1S/C10H20O2.C8H16O2.C3H8O3.C2H6O2/c1-2-3-4-5-6-7-8-9-10(11)12;1-2-3-4-5-6-7-8(9)10;4-1-3(6)2-5;3-1-2-4/h2-9H2,1H3,(H,11,12);2-7H2,1H3,(H,9,10);3-6H,1-2H2;3-4H,1-2H2. The summed E-state index contributed by atoms with van der Waals surface area (Å²) in [5.41, 5.74) is 0. The number of aliphatic hydroxyl groups excluding tert-OH is 5. The van der Waals surface area contributed by atoms with Crippen LogP contribution in [0.1, 0.15) is 104 Å². The van der Waals surface area contributed by atoms with Crippen molar-refractivity contribution in [3.63, 3.8) is 0 Å². The highest BCUT2D eigenvalue weighted by atomic mass is 16.4. The summed E-state index contributed by atoms with van der Waals surface area (Å²) in [4.78, 5) is 20.2. The highest BCUT2D eigenvalue weighted by Gasteiger charge is 1.96. The van der Waals surface area contributed by atoms with Crippen molar-refractivity contribution >= 4 is 11.9 Å². The number of carbonyl (C=O) groups is 2. The van der Waals surface area contributed by atoms with E-state index in [2.05, 4.69) is 13.8 Å². The average molecular weight is 471 g/mol. The van der Waals surface area contributed by atoms with Crippen LogP contribution >= 0.6 is 0 Å². The van der Waals surface area contributed by atoms with Crippen LogP contribution in [-0.4, -0.2) is 80.2 Å². The molecule has 0 radical (unpaired) electrons. The first-order valence-corrected chi connectivity index (χ1v) is 11.8. The predicted molar refractivity (Wildman–Crippen MR) is 126 cm³/mol. The average Bonchev–Trinajstić information content (AvgIpc) is 2.78. The van der Waals surface area contributed by atoms with Gasteiger partial charge in [-0.1, -0.05) is 78.1 Å². The maximum atomic E-state index is 10.1. The molecule has 0 spiro atoms. The molecule has 0 aromatic rings. The zero-order valence-corrected chi connectivity index (χ0v) is 20.3. The lowest BCUT2D eigenvalue weighted by atomic mass is 10.1. The van der Waals surface area contributed by atoms with Crippen molar-refractivity contribution in [2.45, 2.75) is 110 Å². The largest absolute Gasteiger partial charge is 0.481 e. The second kappa shape index (κ2) is 37.1. The molecule has 0 amide bonds. The topological polar surface area (TPSA) is 176 Å². The second-order valence-corrected chi connectivity index (χ2v) is 7.29. The second-order valence-electron chi connectivity index (χ2n) is 7.29. The monoisotopic (exact) mass is 470 g/mol. The van der Waals surface area contributed by atoms with Crippen LogP contribution in [-0.2, 0) is 9.59 Å². The van der Waals surface area contributed by atoms with Crippen LogP contribution in [0.15, 0.2) is 0 Å². The molecular weight excluding hydrogens is 420 g/mol. The van der Waals surface area contributed by atoms with E-state index in [0.29, 0.717) is 12.8 Å². The van der Waals surface area contributed by atoms with Gasteiger partial charge in [-0.05, 0) is 12.8 Å². The number of aliphatic carboxylic acids is 2. The lowest BCUT2D eigenvalue weighted by Crippen LogP contribution is -2.15. The first kappa shape index (κ1) is 38.0. The zero-order valence-electron chi connectivity index (χ0n) is 20.3. The number of carboxylic acids is 2. The van der Waals surface area contributed by atoms with Gasteiger partial charge in [-0.2, -0.15) is 0 Å². The number of rotatable bonds is 17. The fourth-order valence-corrected chi connectivity index (χ4v) is 2.17. The maximum absolute atomic E-state index is 10.1. The van der Waals surface area contributed by atoms with Gasteiger partial charge in [0.05, 0.1) is 26.4 Å². The van der Waals surface area contributed by atoms with E-state index < -0.39 is 18.0 Å². The van der Waals surface area contributed by atoms with Crippen LogP contribution in [0, 0.1) is 0 Å². The number of aliphatic hydroxyl groups is 5. The van der Waals surface area contributed by atoms with Gasteiger partial charge < -0.3 is 35.7 Å². The number of hydrogen-bond acceptors (Lipinski definition) is 7. The van der Waals surface area contributed by atoms with E-state index in [0.717, 1.165) is 25.7 Å². The van der Waals surface area contributed by atoms with Gasteiger partial charge in [0.1, 0.15) is 6.10 Å². The van der Waals surface area contributed by atoms with Crippen LogP contribution in [0.5, 0.6) is 0 Å². The molecule has 32 heavy (non-hydrogen) atoms. The van der Waals surface area contributed by atoms with E-state index in [-0.39, 0.29) is 26.4 Å². The van der Waals surface area contributed by atoms with Gasteiger partial charge in [0.2, 0.25) is 0 Å². The first-order chi connectivity index (χ1) is 15.3. The SMILES string of the molecule is CCCCCCCC(=O)O.CCCCCCCCCC(=O)O.OCC(O)CO.OCCO. The van der Waals surface area contributed by atoms with E-state index in [1.54, 1.807) is 0 Å². The smallest absolute Gasteiger partial charge is 0.303 e. The van der Waals surface area contributed by atoms with Gasteiger partial charge in [-0.3, -0.25) is 9.59 Å². The van der Waals surface area contributed by atoms with E-state index in [4.69, 9.17) is 35.7 Å². The molecule has 0 saturated carbocycles. The quantitative estimate of drug-likeness (QED) is 0.157. The molecule has 0 aliphatic heterocycles. The Hall–Kier alpha value is -1.26. The third-order valence-electron chi connectivity index (χ3n) is 4.01. The normalized spacial score (nSPS) is 9.62. The van der Waals surface area contributed by atoms with E-state index in [9.17, 15) is 9.59 Å². The molecule has 0 unspecified atom stereocenters. The minimum atomic E-state index is -0.954. The molecule has 0 aliphatic carbocycles. The third kappa shape index (κ3) is 56.8. The van der Waals surface area contributed by atoms with Crippen molar-refractivity contribution in [2.75, 3.05) is 26.4 Å². The molecule has 0 atom stereocenters. The molecule has 0 rings (SSSR count). The molecule has 0 fully saturated rings. The summed E-state index contributed by atoms with van der Waals surface area (Å²) < 4.78 is 0. The molecule has 9 heteroatoms. The summed E-state index contributed by atoms with van der Waals surface area (Å²) in [5.74, 6) is -1.33. The molecule has 0 saturated heterocycles. The van der Waals surface area contributed by atoms with Gasteiger partial charge in [-0.15, -0.1) is 0 Å². The van der Waals surface area contributed by atoms with Crippen LogP contribution in [0.2, 0.25) is 0 Å². The fourth-order valence-electron chi connectivity index (χ4n) is 2.17. The van der Waals surface area contributed by atoms with Gasteiger partial charge >= 0.3 is 11.9 Å². The Morgan fingerprint density at radius 1 is 0.562 bits per heavy atom. The third-order valence-corrected chi connectivity index (χ3v) is 4.01. The van der Waals surface area contributed by atoms with Gasteiger partial charge in [0.15, 0.2) is 0 Å². The number of carboxylic acid groups (broad SMARTS) is 2. The maximum Gasteiger partial charge on any atom is 0.303 e. The minimum absolute atomic E-state index is 0.125. The van der Waals surface area contributed by atoms with Crippen LogP contribution in [0.25, 0.3) is 0 Å². The summed E-state index contributed by atoms with van der Waals surface area (Å²) in [5, 5.41) is 55.9. The highest BCUT2D eigenvalue weighted by Crippen LogP contribution is 2.08. The van der Waals surface area contributed by atoms with E-state index in [1.165, 1.54) is 51.4 Å². The molecule has 9 nitrogen and oxygen atoms in total. The Balaban J connectivity index is -0.000000176. The molecule has 0 heterocycles. The molecule has 0 aromatic heterocycles. The van der Waals surface area contributed by atoms with Crippen LogP contribution < -0.4 is 0 Å². The molecule has 196 valence electrons. The summed E-state index contributed by atoms with van der Waals surface area (Å²) in [6.07, 6.45) is 13.6. The van der Waals surface area contributed by atoms with Crippen molar-refractivity contribution in [2.24, 2.45) is 0 Å². The summed E-state index contributed by atoms with van der Waals surface area (Å²) in [6.45, 7) is 3.37. The zero-order chi connectivity index (χ0) is 25.5.